The highest BCUT2D eigenvalue weighted by Gasteiger charge is 2.29. The Balaban J connectivity index is 1.54. The van der Waals surface area contributed by atoms with E-state index in [2.05, 4.69) is 5.32 Å². The van der Waals surface area contributed by atoms with Crippen LogP contribution in [0.15, 0.2) is 47.4 Å². The van der Waals surface area contributed by atoms with Crippen molar-refractivity contribution in [2.75, 3.05) is 57.0 Å². The zero-order valence-electron chi connectivity index (χ0n) is 18.1. The predicted molar refractivity (Wildman–Crippen MR) is 121 cm³/mol. The van der Waals surface area contributed by atoms with Crippen LogP contribution in [0.3, 0.4) is 0 Å². The minimum atomic E-state index is -3.49. The Bertz CT molecular complexity index is 996. The number of hydrogen-bond acceptors (Lipinski definition) is 5. The summed E-state index contributed by atoms with van der Waals surface area (Å²) in [6.07, 6.45) is 0. The molecule has 1 aliphatic rings. The van der Waals surface area contributed by atoms with Gasteiger partial charge in [0.15, 0.2) is 0 Å². The van der Waals surface area contributed by atoms with Crippen molar-refractivity contribution in [1.29, 1.82) is 0 Å². The van der Waals surface area contributed by atoms with Crippen molar-refractivity contribution in [2.24, 2.45) is 0 Å². The molecular weight excluding hydrogens is 400 g/mol. The largest absolute Gasteiger partial charge is 0.378 e. The average molecular weight is 431 g/mol. The number of carbonyl (C=O) groups excluding carboxylic acids is 1. The van der Waals surface area contributed by atoms with Gasteiger partial charge in [-0.3, -0.25) is 9.69 Å². The highest BCUT2D eigenvalue weighted by molar-refractivity contribution is 7.89. The number of amides is 1. The molecule has 0 bridgehead atoms. The van der Waals surface area contributed by atoms with E-state index in [9.17, 15) is 13.2 Å². The molecule has 1 aliphatic heterocycles. The third-order valence-corrected chi connectivity index (χ3v) is 7.27. The first kappa shape index (κ1) is 22.3. The fraction of sp³-hybridized carbons (Fsp3) is 0.409. The van der Waals surface area contributed by atoms with Gasteiger partial charge in [0.25, 0.3) is 0 Å². The number of anilines is 2. The topological polar surface area (TPSA) is 73.0 Å². The summed E-state index contributed by atoms with van der Waals surface area (Å²) in [6, 6.07) is 12.8. The number of benzene rings is 2. The summed E-state index contributed by atoms with van der Waals surface area (Å²) in [4.78, 5) is 16.8. The molecule has 2 aromatic carbocycles. The number of hydrogen-bond donors (Lipinski definition) is 1. The van der Waals surface area contributed by atoms with Crippen LogP contribution in [0.5, 0.6) is 0 Å². The molecule has 1 N–H and O–H groups in total. The first-order chi connectivity index (χ1) is 14.2. The third kappa shape index (κ3) is 5.19. The molecule has 162 valence electrons. The van der Waals surface area contributed by atoms with E-state index in [1.54, 1.807) is 24.3 Å². The fourth-order valence-electron chi connectivity index (χ4n) is 3.45. The van der Waals surface area contributed by atoms with Crippen LogP contribution in [0.2, 0.25) is 0 Å². The molecule has 1 saturated heterocycles. The second-order valence-corrected chi connectivity index (χ2v) is 9.87. The fourth-order valence-corrected chi connectivity index (χ4v) is 4.87. The smallest absolute Gasteiger partial charge is 0.243 e. The number of nitrogens with zero attached hydrogens (tertiary/aromatic N) is 3. The quantitative estimate of drug-likeness (QED) is 0.761. The summed E-state index contributed by atoms with van der Waals surface area (Å²) in [5.41, 5.74) is 3.91. The molecule has 1 fully saturated rings. The van der Waals surface area contributed by atoms with Crippen molar-refractivity contribution in [2.45, 2.75) is 18.7 Å². The van der Waals surface area contributed by atoms with Crippen LogP contribution < -0.4 is 10.2 Å². The standard InChI is InChI=1S/C22H30N4O3S/c1-17-5-8-20(9-6-17)30(28,29)26-13-11-25(12-14-26)16-22(27)23-21-10-7-19(24(3)4)15-18(21)2/h5-10,15H,11-14,16H2,1-4H3,(H,23,27). The van der Waals surface area contributed by atoms with Crippen molar-refractivity contribution in [3.05, 3.63) is 53.6 Å². The number of rotatable bonds is 6. The molecule has 2 aromatic rings. The van der Waals surface area contributed by atoms with Crippen LogP contribution >= 0.6 is 0 Å². The lowest BCUT2D eigenvalue weighted by molar-refractivity contribution is -0.117. The van der Waals surface area contributed by atoms with Crippen molar-refractivity contribution >= 4 is 27.3 Å². The van der Waals surface area contributed by atoms with E-state index in [-0.39, 0.29) is 12.5 Å². The monoisotopic (exact) mass is 430 g/mol. The molecule has 0 spiro atoms. The molecule has 1 amide bonds. The molecule has 1 heterocycles. The number of piperazine rings is 1. The van der Waals surface area contributed by atoms with Gasteiger partial charge >= 0.3 is 0 Å². The third-order valence-electron chi connectivity index (χ3n) is 5.36. The van der Waals surface area contributed by atoms with Crippen LogP contribution in [0.25, 0.3) is 0 Å². The van der Waals surface area contributed by atoms with E-state index < -0.39 is 10.0 Å². The SMILES string of the molecule is Cc1ccc(S(=O)(=O)N2CCN(CC(=O)Nc3ccc(N(C)C)cc3C)CC2)cc1. The molecule has 7 nitrogen and oxygen atoms in total. The Morgan fingerprint density at radius 1 is 1.00 bits per heavy atom. The van der Waals surface area contributed by atoms with Gasteiger partial charge in [-0.2, -0.15) is 4.31 Å². The average Bonchev–Trinajstić information content (AvgIpc) is 2.70. The number of sulfonamides is 1. The van der Waals surface area contributed by atoms with Gasteiger partial charge in [0, 0.05) is 51.6 Å². The van der Waals surface area contributed by atoms with Gasteiger partial charge < -0.3 is 10.2 Å². The van der Waals surface area contributed by atoms with Crippen LogP contribution in [-0.4, -0.2) is 70.3 Å². The van der Waals surface area contributed by atoms with Gasteiger partial charge in [-0.15, -0.1) is 0 Å². The van der Waals surface area contributed by atoms with E-state index in [1.165, 1.54) is 4.31 Å². The van der Waals surface area contributed by atoms with E-state index in [4.69, 9.17) is 0 Å². The molecule has 3 rings (SSSR count). The summed E-state index contributed by atoms with van der Waals surface area (Å²) in [7, 11) is 0.462. The van der Waals surface area contributed by atoms with Gasteiger partial charge in [0.1, 0.15) is 0 Å². The van der Waals surface area contributed by atoms with Crippen molar-refractivity contribution in [3.63, 3.8) is 0 Å². The zero-order chi connectivity index (χ0) is 21.9. The number of aryl methyl sites for hydroxylation is 2. The molecule has 0 saturated carbocycles. The van der Waals surface area contributed by atoms with Gasteiger partial charge in [-0.05, 0) is 49.7 Å². The Morgan fingerprint density at radius 2 is 1.63 bits per heavy atom. The predicted octanol–water partition coefficient (Wildman–Crippen LogP) is 2.31. The lowest BCUT2D eigenvalue weighted by Gasteiger charge is -2.33. The summed E-state index contributed by atoms with van der Waals surface area (Å²) in [5.74, 6) is -0.0921. The van der Waals surface area contributed by atoms with Gasteiger partial charge in [0.05, 0.1) is 11.4 Å². The van der Waals surface area contributed by atoms with Crippen molar-refractivity contribution in [3.8, 4) is 0 Å². The molecule has 8 heteroatoms. The summed E-state index contributed by atoms with van der Waals surface area (Å²) in [5, 5.41) is 2.97. The molecule has 0 atom stereocenters. The normalized spacial score (nSPS) is 15.7. The Hall–Kier alpha value is -2.42. The highest BCUT2D eigenvalue weighted by atomic mass is 32.2. The van der Waals surface area contributed by atoms with Crippen molar-refractivity contribution < 1.29 is 13.2 Å². The first-order valence-electron chi connectivity index (χ1n) is 10.0. The molecular formula is C22H30N4O3S. The zero-order valence-corrected chi connectivity index (χ0v) is 18.9. The van der Waals surface area contributed by atoms with Gasteiger partial charge in [-0.25, -0.2) is 8.42 Å². The summed E-state index contributed by atoms with van der Waals surface area (Å²) in [6.45, 7) is 5.94. The van der Waals surface area contributed by atoms with Crippen LogP contribution in [0.1, 0.15) is 11.1 Å². The molecule has 0 aromatic heterocycles. The van der Waals surface area contributed by atoms with E-state index in [0.717, 1.165) is 22.5 Å². The summed E-state index contributed by atoms with van der Waals surface area (Å²) < 4.78 is 27.1. The Kier molecular flexibility index (Phi) is 6.80. The van der Waals surface area contributed by atoms with Crippen LogP contribution in [-0.2, 0) is 14.8 Å². The maximum Gasteiger partial charge on any atom is 0.243 e. The van der Waals surface area contributed by atoms with E-state index in [1.807, 2.05) is 55.9 Å². The summed E-state index contributed by atoms with van der Waals surface area (Å²) >= 11 is 0. The molecule has 0 radical (unpaired) electrons. The molecule has 30 heavy (non-hydrogen) atoms. The van der Waals surface area contributed by atoms with Crippen LogP contribution in [0, 0.1) is 13.8 Å². The van der Waals surface area contributed by atoms with Gasteiger partial charge in [0.2, 0.25) is 15.9 Å². The minimum absolute atomic E-state index is 0.0921. The van der Waals surface area contributed by atoms with E-state index in [0.29, 0.717) is 31.1 Å². The molecule has 0 aliphatic carbocycles. The van der Waals surface area contributed by atoms with E-state index >= 15 is 0 Å². The lowest BCUT2D eigenvalue weighted by atomic mass is 10.1. The minimum Gasteiger partial charge on any atom is -0.378 e. The van der Waals surface area contributed by atoms with Gasteiger partial charge in [-0.1, -0.05) is 17.7 Å². The van der Waals surface area contributed by atoms with Crippen LogP contribution in [0.4, 0.5) is 11.4 Å². The maximum atomic E-state index is 12.8. The Labute approximate surface area is 179 Å². The number of carbonyl (C=O) groups is 1. The Morgan fingerprint density at radius 3 is 2.20 bits per heavy atom. The second kappa shape index (κ2) is 9.16. The lowest BCUT2D eigenvalue weighted by Crippen LogP contribution is -2.50. The number of nitrogens with one attached hydrogen (secondary N) is 1. The second-order valence-electron chi connectivity index (χ2n) is 7.94. The maximum absolute atomic E-state index is 12.8. The first-order valence-corrected chi connectivity index (χ1v) is 11.5. The van der Waals surface area contributed by atoms with Crippen molar-refractivity contribution in [1.82, 2.24) is 9.21 Å². The molecule has 0 unspecified atom stereocenters. The highest BCUT2D eigenvalue weighted by Crippen LogP contribution is 2.22.